The maximum Gasteiger partial charge on any atom is 0.316 e. The average molecular weight is 267 g/mol. The monoisotopic (exact) mass is 267 g/mol. The summed E-state index contributed by atoms with van der Waals surface area (Å²) in [5.74, 6) is 0.565. The van der Waals surface area contributed by atoms with Crippen LogP contribution in [0.25, 0.3) is 0 Å². The van der Waals surface area contributed by atoms with E-state index in [1.165, 1.54) is 0 Å². The molecule has 0 aliphatic heterocycles. The average Bonchev–Trinajstić information content (AvgIpc) is 2.33. The first-order chi connectivity index (χ1) is 8.97. The molecule has 0 aliphatic rings. The van der Waals surface area contributed by atoms with Crippen LogP contribution in [-0.4, -0.2) is 36.4 Å². The van der Waals surface area contributed by atoms with Gasteiger partial charge in [0.2, 0.25) is 0 Å². The molecule has 0 saturated heterocycles. The van der Waals surface area contributed by atoms with Crippen molar-refractivity contribution < 1.29 is 14.6 Å². The minimum absolute atomic E-state index is 0.180. The van der Waals surface area contributed by atoms with Crippen LogP contribution in [0.2, 0.25) is 0 Å². The molecule has 106 valence electrons. The fraction of sp³-hybridized carbons (Fsp3) is 0.462. The van der Waals surface area contributed by atoms with E-state index < -0.39 is 12.1 Å². The Morgan fingerprint density at radius 3 is 2.84 bits per heavy atom. The van der Waals surface area contributed by atoms with Crippen molar-refractivity contribution >= 4 is 11.7 Å². The van der Waals surface area contributed by atoms with E-state index in [2.05, 4.69) is 10.6 Å². The third kappa shape index (κ3) is 6.64. The topological polar surface area (TPSA) is 96.6 Å². The number of benzene rings is 1. The molecule has 0 unspecified atom stereocenters. The van der Waals surface area contributed by atoms with Gasteiger partial charge < -0.3 is 26.2 Å². The van der Waals surface area contributed by atoms with Crippen molar-refractivity contribution in [3.63, 3.8) is 0 Å². The highest BCUT2D eigenvalue weighted by atomic mass is 16.5. The molecule has 0 saturated carbocycles. The van der Waals surface area contributed by atoms with Crippen molar-refractivity contribution in [3.05, 3.63) is 24.3 Å². The van der Waals surface area contributed by atoms with Crippen LogP contribution in [0, 0.1) is 0 Å². The van der Waals surface area contributed by atoms with Crippen LogP contribution in [0.15, 0.2) is 24.3 Å². The van der Waals surface area contributed by atoms with Crippen molar-refractivity contribution in [2.24, 2.45) is 5.73 Å². The molecule has 5 N–H and O–H groups in total. The fourth-order valence-corrected chi connectivity index (χ4v) is 1.43. The van der Waals surface area contributed by atoms with Gasteiger partial charge in [-0.1, -0.05) is 19.9 Å². The van der Waals surface area contributed by atoms with Gasteiger partial charge in [-0.2, -0.15) is 0 Å². The molecule has 0 aromatic heterocycles. The molecule has 0 aliphatic carbocycles. The van der Waals surface area contributed by atoms with E-state index >= 15 is 0 Å². The second-order valence-electron chi connectivity index (χ2n) is 4.54. The molecule has 1 rings (SSSR count). The van der Waals surface area contributed by atoms with Gasteiger partial charge in [0.15, 0.2) is 0 Å². The van der Waals surface area contributed by atoms with E-state index in [-0.39, 0.29) is 6.61 Å². The lowest BCUT2D eigenvalue weighted by Gasteiger charge is -2.15. The number of hydrogen-bond donors (Lipinski definition) is 4. The lowest BCUT2D eigenvalue weighted by Crippen LogP contribution is -2.35. The summed E-state index contributed by atoms with van der Waals surface area (Å²) in [6.07, 6.45) is -0.588. The standard InChI is InChI=1S/C13H21N3O3/c1-9(2)15-7-11(17)8-19-12-5-3-4-10(6-12)16-13(14)18/h3-6,9,11,15,17H,7-8H2,1-2H3,(H3,14,16,18)/t11-/m0/s1. The van der Waals surface area contributed by atoms with Crippen molar-refractivity contribution in [2.45, 2.75) is 26.0 Å². The number of amides is 2. The lowest BCUT2D eigenvalue weighted by atomic mass is 10.3. The number of nitrogens with one attached hydrogen (secondary N) is 2. The highest BCUT2D eigenvalue weighted by molar-refractivity contribution is 5.87. The zero-order chi connectivity index (χ0) is 14.3. The second-order valence-corrected chi connectivity index (χ2v) is 4.54. The van der Waals surface area contributed by atoms with Gasteiger partial charge in [0.1, 0.15) is 18.5 Å². The van der Waals surface area contributed by atoms with Crippen LogP contribution in [-0.2, 0) is 0 Å². The van der Waals surface area contributed by atoms with Gasteiger partial charge in [-0.05, 0) is 12.1 Å². The van der Waals surface area contributed by atoms with Crippen molar-refractivity contribution in [1.29, 1.82) is 0 Å². The second kappa shape index (κ2) is 7.60. The van der Waals surface area contributed by atoms with Crippen LogP contribution in [0.1, 0.15) is 13.8 Å². The number of hydrogen-bond acceptors (Lipinski definition) is 4. The summed E-state index contributed by atoms with van der Waals surface area (Å²) in [6, 6.07) is 6.52. The third-order valence-electron chi connectivity index (χ3n) is 2.31. The molecule has 6 heteroatoms. The van der Waals surface area contributed by atoms with E-state index in [9.17, 15) is 9.90 Å². The van der Waals surface area contributed by atoms with Crippen molar-refractivity contribution in [1.82, 2.24) is 5.32 Å². The van der Waals surface area contributed by atoms with Crippen LogP contribution < -0.4 is 21.1 Å². The number of primary amides is 1. The number of ether oxygens (including phenoxy) is 1. The van der Waals surface area contributed by atoms with Crippen LogP contribution >= 0.6 is 0 Å². The summed E-state index contributed by atoms with van der Waals surface area (Å²) in [7, 11) is 0. The Labute approximate surface area is 112 Å². The largest absolute Gasteiger partial charge is 0.491 e. The first-order valence-electron chi connectivity index (χ1n) is 6.18. The van der Waals surface area contributed by atoms with Gasteiger partial charge >= 0.3 is 6.03 Å². The van der Waals surface area contributed by atoms with E-state index in [4.69, 9.17) is 10.5 Å². The molecular formula is C13H21N3O3. The SMILES string of the molecule is CC(C)NC[C@H](O)COc1cccc(NC(N)=O)c1. The van der Waals surface area contributed by atoms with Gasteiger partial charge in [0.25, 0.3) is 0 Å². The summed E-state index contributed by atoms with van der Waals surface area (Å²) in [6.45, 7) is 4.66. The molecule has 1 atom stereocenters. The molecule has 0 radical (unpaired) electrons. The summed E-state index contributed by atoms with van der Waals surface area (Å²) in [5.41, 5.74) is 5.58. The molecule has 0 bridgehead atoms. The Bertz CT molecular complexity index is 410. The maximum atomic E-state index is 10.7. The number of aliphatic hydroxyl groups is 1. The van der Waals surface area contributed by atoms with E-state index in [0.29, 0.717) is 24.0 Å². The minimum Gasteiger partial charge on any atom is -0.491 e. The molecule has 2 amide bonds. The summed E-state index contributed by atoms with van der Waals surface area (Å²) in [4.78, 5) is 10.7. The molecule has 1 aromatic carbocycles. The zero-order valence-electron chi connectivity index (χ0n) is 11.2. The van der Waals surface area contributed by atoms with Gasteiger partial charge in [0, 0.05) is 24.3 Å². The number of urea groups is 1. The van der Waals surface area contributed by atoms with E-state index in [1.807, 2.05) is 13.8 Å². The Hall–Kier alpha value is -1.79. The lowest BCUT2D eigenvalue weighted by molar-refractivity contribution is 0.104. The number of aliphatic hydroxyl groups excluding tert-OH is 1. The summed E-state index contributed by atoms with van der Waals surface area (Å²) < 4.78 is 5.44. The summed E-state index contributed by atoms with van der Waals surface area (Å²) >= 11 is 0. The molecule has 19 heavy (non-hydrogen) atoms. The molecule has 0 heterocycles. The molecular weight excluding hydrogens is 246 g/mol. The van der Waals surface area contributed by atoms with Gasteiger partial charge in [-0.3, -0.25) is 0 Å². The Kier molecular flexibility index (Phi) is 6.11. The third-order valence-corrected chi connectivity index (χ3v) is 2.31. The number of carbonyl (C=O) groups is 1. The molecule has 0 spiro atoms. The molecule has 1 aromatic rings. The number of nitrogens with two attached hydrogens (primary N) is 1. The molecule has 0 fully saturated rings. The number of carbonyl (C=O) groups excluding carboxylic acids is 1. The smallest absolute Gasteiger partial charge is 0.316 e. The van der Waals surface area contributed by atoms with E-state index in [1.54, 1.807) is 24.3 Å². The van der Waals surface area contributed by atoms with Crippen LogP contribution in [0.4, 0.5) is 10.5 Å². The predicted molar refractivity (Wildman–Crippen MR) is 74.3 cm³/mol. The van der Waals surface area contributed by atoms with Gasteiger partial charge in [-0.15, -0.1) is 0 Å². The maximum absolute atomic E-state index is 10.7. The quantitative estimate of drug-likeness (QED) is 0.590. The highest BCUT2D eigenvalue weighted by Crippen LogP contribution is 2.17. The predicted octanol–water partition coefficient (Wildman–Crippen LogP) is 0.915. The Balaban J connectivity index is 2.42. The fourth-order valence-electron chi connectivity index (χ4n) is 1.43. The van der Waals surface area contributed by atoms with Crippen molar-refractivity contribution in [2.75, 3.05) is 18.5 Å². The first kappa shape index (κ1) is 15.3. The highest BCUT2D eigenvalue weighted by Gasteiger charge is 2.06. The first-order valence-corrected chi connectivity index (χ1v) is 6.18. The number of rotatable bonds is 7. The number of anilines is 1. The normalized spacial score (nSPS) is 12.2. The van der Waals surface area contributed by atoms with Gasteiger partial charge in [0.05, 0.1) is 0 Å². The van der Waals surface area contributed by atoms with Gasteiger partial charge in [-0.25, -0.2) is 4.79 Å². The summed E-state index contributed by atoms with van der Waals surface area (Å²) in [5, 5.41) is 15.3. The molecule has 6 nitrogen and oxygen atoms in total. The Morgan fingerprint density at radius 2 is 2.21 bits per heavy atom. The Morgan fingerprint density at radius 1 is 1.47 bits per heavy atom. The van der Waals surface area contributed by atoms with E-state index in [0.717, 1.165) is 0 Å². The van der Waals surface area contributed by atoms with Crippen molar-refractivity contribution in [3.8, 4) is 5.75 Å². The minimum atomic E-state index is -0.627. The van der Waals surface area contributed by atoms with Crippen LogP contribution in [0.5, 0.6) is 5.75 Å². The van der Waals surface area contributed by atoms with Crippen LogP contribution in [0.3, 0.4) is 0 Å². The zero-order valence-corrected chi connectivity index (χ0v) is 11.2.